The first-order valence-electron chi connectivity index (χ1n) is 6.14. The van der Waals surface area contributed by atoms with Crippen LogP contribution in [0.25, 0.3) is 0 Å². The first-order valence-corrected chi connectivity index (χ1v) is 6.14. The van der Waals surface area contributed by atoms with Gasteiger partial charge in [0.2, 0.25) is 5.91 Å². The molecule has 0 fully saturated rings. The topological polar surface area (TPSA) is 41.1 Å². The SMILES string of the molecule is CCCC(NC)C(=O)Nc1c(C)cccc1C. The standard InChI is InChI=1S/C14H22N2O/c1-5-7-12(15-4)14(17)16-13-10(2)8-6-9-11(13)3/h6,8-9,12,15H,5,7H2,1-4H3,(H,16,17). The predicted molar refractivity (Wildman–Crippen MR) is 72.3 cm³/mol. The number of amides is 1. The van der Waals surface area contributed by atoms with E-state index >= 15 is 0 Å². The van der Waals surface area contributed by atoms with Crippen LogP contribution in [0.15, 0.2) is 18.2 Å². The Kier molecular flexibility index (Phi) is 5.16. The van der Waals surface area contributed by atoms with Crippen LogP contribution >= 0.6 is 0 Å². The van der Waals surface area contributed by atoms with Crippen LogP contribution in [0.3, 0.4) is 0 Å². The first-order chi connectivity index (χ1) is 8.10. The van der Waals surface area contributed by atoms with Crippen molar-refractivity contribution in [3.8, 4) is 0 Å². The van der Waals surface area contributed by atoms with Crippen LogP contribution in [0, 0.1) is 13.8 Å². The van der Waals surface area contributed by atoms with Gasteiger partial charge in [0.15, 0.2) is 0 Å². The summed E-state index contributed by atoms with van der Waals surface area (Å²) >= 11 is 0. The van der Waals surface area contributed by atoms with Gasteiger partial charge in [-0.05, 0) is 38.4 Å². The maximum Gasteiger partial charge on any atom is 0.241 e. The van der Waals surface area contributed by atoms with Gasteiger partial charge in [0, 0.05) is 5.69 Å². The molecule has 1 aromatic carbocycles. The minimum Gasteiger partial charge on any atom is -0.324 e. The molecule has 2 N–H and O–H groups in total. The van der Waals surface area contributed by atoms with Crippen LogP contribution < -0.4 is 10.6 Å². The number of hydrogen-bond acceptors (Lipinski definition) is 2. The van der Waals surface area contributed by atoms with Crippen molar-refractivity contribution < 1.29 is 4.79 Å². The van der Waals surface area contributed by atoms with Gasteiger partial charge in [0.25, 0.3) is 0 Å². The molecule has 1 aromatic rings. The highest BCUT2D eigenvalue weighted by Crippen LogP contribution is 2.19. The Hall–Kier alpha value is -1.35. The van der Waals surface area contributed by atoms with E-state index < -0.39 is 0 Å². The fourth-order valence-corrected chi connectivity index (χ4v) is 1.92. The van der Waals surface area contributed by atoms with Crippen molar-refractivity contribution in [1.29, 1.82) is 0 Å². The van der Waals surface area contributed by atoms with Gasteiger partial charge >= 0.3 is 0 Å². The molecule has 0 spiro atoms. The third-order valence-electron chi connectivity index (χ3n) is 2.97. The van der Waals surface area contributed by atoms with E-state index in [9.17, 15) is 4.79 Å². The van der Waals surface area contributed by atoms with Crippen molar-refractivity contribution in [2.45, 2.75) is 39.7 Å². The molecule has 94 valence electrons. The molecule has 0 aliphatic heterocycles. The minimum atomic E-state index is -0.112. The zero-order valence-corrected chi connectivity index (χ0v) is 11.1. The van der Waals surface area contributed by atoms with Gasteiger partial charge in [-0.25, -0.2) is 0 Å². The lowest BCUT2D eigenvalue weighted by Crippen LogP contribution is -2.38. The van der Waals surface area contributed by atoms with E-state index in [-0.39, 0.29) is 11.9 Å². The normalized spacial score (nSPS) is 12.2. The number of hydrogen-bond donors (Lipinski definition) is 2. The third-order valence-corrected chi connectivity index (χ3v) is 2.97. The molecule has 1 unspecified atom stereocenters. The molecule has 0 aliphatic rings. The van der Waals surface area contributed by atoms with E-state index in [2.05, 4.69) is 17.6 Å². The van der Waals surface area contributed by atoms with Crippen molar-refractivity contribution in [2.24, 2.45) is 0 Å². The monoisotopic (exact) mass is 234 g/mol. The lowest BCUT2D eigenvalue weighted by molar-refractivity contribution is -0.118. The smallest absolute Gasteiger partial charge is 0.241 e. The summed E-state index contributed by atoms with van der Waals surface area (Å²) < 4.78 is 0. The van der Waals surface area contributed by atoms with E-state index in [4.69, 9.17) is 0 Å². The fraction of sp³-hybridized carbons (Fsp3) is 0.500. The van der Waals surface area contributed by atoms with Crippen LogP contribution in [0.5, 0.6) is 0 Å². The summed E-state index contributed by atoms with van der Waals surface area (Å²) in [6.45, 7) is 6.10. The Morgan fingerprint density at radius 2 is 1.88 bits per heavy atom. The molecule has 17 heavy (non-hydrogen) atoms. The third kappa shape index (κ3) is 3.56. The Morgan fingerprint density at radius 3 is 2.35 bits per heavy atom. The largest absolute Gasteiger partial charge is 0.324 e. The number of nitrogens with one attached hydrogen (secondary N) is 2. The second-order valence-corrected chi connectivity index (χ2v) is 4.39. The maximum absolute atomic E-state index is 12.1. The zero-order chi connectivity index (χ0) is 12.8. The lowest BCUT2D eigenvalue weighted by Gasteiger charge is -2.17. The Balaban J connectivity index is 2.80. The highest BCUT2D eigenvalue weighted by molar-refractivity contribution is 5.96. The van der Waals surface area contributed by atoms with Gasteiger partial charge < -0.3 is 10.6 Å². The van der Waals surface area contributed by atoms with Gasteiger partial charge in [-0.15, -0.1) is 0 Å². The highest BCUT2D eigenvalue weighted by atomic mass is 16.2. The average molecular weight is 234 g/mol. The lowest BCUT2D eigenvalue weighted by atomic mass is 10.1. The number of carbonyl (C=O) groups excluding carboxylic acids is 1. The van der Waals surface area contributed by atoms with E-state index in [0.717, 1.165) is 29.7 Å². The van der Waals surface area contributed by atoms with E-state index in [1.165, 1.54) is 0 Å². The summed E-state index contributed by atoms with van der Waals surface area (Å²) in [5.74, 6) is 0.0479. The molecule has 3 nitrogen and oxygen atoms in total. The second kappa shape index (κ2) is 6.40. The van der Waals surface area contributed by atoms with Crippen LogP contribution in [0.1, 0.15) is 30.9 Å². The molecular formula is C14H22N2O. The van der Waals surface area contributed by atoms with E-state index in [0.29, 0.717) is 0 Å². The Bertz CT molecular complexity index is 368. The van der Waals surface area contributed by atoms with Crippen LogP contribution in [0.2, 0.25) is 0 Å². The van der Waals surface area contributed by atoms with E-state index in [1.807, 2.05) is 39.1 Å². The molecule has 1 rings (SSSR count). The molecule has 1 amide bonds. The zero-order valence-electron chi connectivity index (χ0n) is 11.1. The molecule has 0 aromatic heterocycles. The molecule has 0 saturated heterocycles. The quantitative estimate of drug-likeness (QED) is 0.822. The first kappa shape index (κ1) is 13.7. The van der Waals surface area contributed by atoms with Crippen molar-refractivity contribution >= 4 is 11.6 Å². The number of para-hydroxylation sites is 1. The minimum absolute atomic E-state index is 0.0479. The molecular weight excluding hydrogens is 212 g/mol. The molecule has 0 radical (unpaired) electrons. The molecule has 0 bridgehead atoms. The molecule has 0 heterocycles. The van der Waals surface area contributed by atoms with Crippen LogP contribution in [-0.2, 0) is 4.79 Å². The average Bonchev–Trinajstić information content (AvgIpc) is 2.30. The summed E-state index contributed by atoms with van der Waals surface area (Å²) in [7, 11) is 1.82. The number of anilines is 1. The molecule has 3 heteroatoms. The summed E-state index contributed by atoms with van der Waals surface area (Å²) in [5.41, 5.74) is 3.14. The number of aryl methyl sites for hydroxylation is 2. The van der Waals surface area contributed by atoms with Gasteiger partial charge in [0.1, 0.15) is 0 Å². The van der Waals surface area contributed by atoms with Crippen molar-refractivity contribution in [2.75, 3.05) is 12.4 Å². The number of carbonyl (C=O) groups is 1. The Labute approximate surface area is 104 Å². The van der Waals surface area contributed by atoms with Crippen molar-refractivity contribution in [3.05, 3.63) is 29.3 Å². The van der Waals surface area contributed by atoms with Gasteiger partial charge in [-0.2, -0.15) is 0 Å². The van der Waals surface area contributed by atoms with Gasteiger partial charge in [-0.1, -0.05) is 31.5 Å². The number of rotatable bonds is 5. The number of likely N-dealkylation sites (N-methyl/N-ethyl adjacent to an activating group) is 1. The van der Waals surface area contributed by atoms with Gasteiger partial charge in [0.05, 0.1) is 6.04 Å². The molecule has 1 atom stereocenters. The molecule has 0 aliphatic carbocycles. The van der Waals surface area contributed by atoms with Gasteiger partial charge in [-0.3, -0.25) is 4.79 Å². The van der Waals surface area contributed by atoms with Crippen molar-refractivity contribution in [3.63, 3.8) is 0 Å². The number of benzene rings is 1. The Morgan fingerprint density at radius 1 is 1.29 bits per heavy atom. The summed E-state index contributed by atoms with van der Waals surface area (Å²) in [4.78, 5) is 12.1. The van der Waals surface area contributed by atoms with Crippen LogP contribution in [0.4, 0.5) is 5.69 Å². The predicted octanol–water partition coefficient (Wildman–Crippen LogP) is 2.63. The summed E-state index contributed by atoms with van der Waals surface area (Å²) in [6, 6.07) is 5.91. The summed E-state index contributed by atoms with van der Waals surface area (Å²) in [5, 5.41) is 6.06. The highest BCUT2D eigenvalue weighted by Gasteiger charge is 2.16. The van der Waals surface area contributed by atoms with Crippen LogP contribution in [-0.4, -0.2) is 19.0 Å². The maximum atomic E-state index is 12.1. The van der Waals surface area contributed by atoms with E-state index in [1.54, 1.807) is 0 Å². The van der Waals surface area contributed by atoms with Crippen molar-refractivity contribution in [1.82, 2.24) is 5.32 Å². The second-order valence-electron chi connectivity index (χ2n) is 4.39. The molecule has 0 saturated carbocycles. The summed E-state index contributed by atoms with van der Waals surface area (Å²) in [6.07, 6.45) is 1.85. The fourth-order valence-electron chi connectivity index (χ4n) is 1.92.